The number of carbonyl (C=O) groups is 1. The number of hydrogen-bond acceptors (Lipinski definition) is 5. The van der Waals surface area contributed by atoms with Gasteiger partial charge in [0, 0.05) is 24.6 Å². The lowest BCUT2D eigenvalue weighted by atomic mass is 10.2. The van der Waals surface area contributed by atoms with E-state index in [4.69, 9.17) is 4.74 Å². The molecule has 0 spiro atoms. The third kappa shape index (κ3) is 4.32. The summed E-state index contributed by atoms with van der Waals surface area (Å²) in [5, 5.41) is 3.13. The molecule has 0 saturated heterocycles. The molecule has 1 N–H and O–H groups in total. The number of benzene rings is 2. The van der Waals surface area contributed by atoms with Crippen LogP contribution in [0, 0.1) is 0 Å². The van der Waals surface area contributed by atoms with Crippen LogP contribution >= 0.6 is 0 Å². The summed E-state index contributed by atoms with van der Waals surface area (Å²) < 4.78 is 27.7. The molecule has 0 heterocycles. The fraction of sp³-hybridized carbons (Fsp3) is 0.133. The standard InChI is InChI=1S/C15H15NO4S/c1-11(17)20-14-7-3-12(4-8-14)16-13-5-9-15(10-6-13)21(2,18)19/h3-10,16H,1-2H3. The summed E-state index contributed by atoms with van der Waals surface area (Å²) in [5.41, 5.74) is 1.57. The molecule has 2 aromatic carbocycles. The van der Waals surface area contributed by atoms with Crippen LogP contribution in [0.1, 0.15) is 6.92 Å². The molecule has 2 aromatic rings. The third-order valence-corrected chi connectivity index (χ3v) is 3.82. The lowest BCUT2D eigenvalue weighted by molar-refractivity contribution is -0.131. The molecule has 0 atom stereocenters. The maximum absolute atomic E-state index is 11.4. The van der Waals surface area contributed by atoms with Gasteiger partial charge in [-0.25, -0.2) is 8.42 Å². The van der Waals surface area contributed by atoms with Crippen molar-refractivity contribution in [3.8, 4) is 5.75 Å². The van der Waals surface area contributed by atoms with Crippen molar-refractivity contribution >= 4 is 27.2 Å². The summed E-state index contributed by atoms with van der Waals surface area (Å²) in [6, 6.07) is 13.4. The highest BCUT2D eigenvalue weighted by Crippen LogP contribution is 2.21. The van der Waals surface area contributed by atoms with E-state index in [9.17, 15) is 13.2 Å². The van der Waals surface area contributed by atoms with Gasteiger partial charge in [-0.05, 0) is 48.5 Å². The molecule has 0 aliphatic rings. The fourth-order valence-electron chi connectivity index (χ4n) is 1.72. The summed E-state index contributed by atoms with van der Waals surface area (Å²) >= 11 is 0. The highest BCUT2D eigenvalue weighted by molar-refractivity contribution is 7.90. The van der Waals surface area contributed by atoms with E-state index < -0.39 is 9.84 Å². The molecule has 0 amide bonds. The Kier molecular flexibility index (Phi) is 4.28. The average Bonchev–Trinajstić information content (AvgIpc) is 2.40. The highest BCUT2D eigenvalue weighted by atomic mass is 32.2. The summed E-state index contributed by atoms with van der Waals surface area (Å²) in [5.74, 6) is 0.104. The van der Waals surface area contributed by atoms with Crippen molar-refractivity contribution in [3.05, 3.63) is 48.5 Å². The Morgan fingerprint density at radius 2 is 1.43 bits per heavy atom. The molecule has 0 aliphatic carbocycles. The van der Waals surface area contributed by atoms with Crippen LogP contribution in [0.5, 0.6) is 5.75 Å². The summed E-state index contributed by atoms with van der Waals surface area (Å²) in [7, 11) is -3.19. The predicted molar refractivity (Wildman–Crippen MR) is 80.6 cm³/mol. The largest absolute Gasteiger partial charge is 0.427 e. The van der Waals surface area contributed by atoms with Gasteiger partial charge in [0.2, 0.25) is 0 Å². The summed E-state index contributed by atoms with van der Waals surface area (Å²) in [6.07, 6.45) is 1.17. The van der Waals surface area contributed by atoms with Gasteiger partial charge in [0.15, 0.2) is 9.84 Å². The van der Waals surface area contributed by atoms with Crippen molar-refractivity contribution in [1.82, 2.24) is 0 Å². The highest BCUT2D eigenvalue weighted by Gasteiger charge is 2.06. The first kappa shape index (κ1) is 15.1. The van der Waals surface area contributed by atoms with Gasteiger partial charge in [0.25, 0.3) is 0 Å². The van der Waals surface area contributed by atoms with Crippen molar-refractivity contribution in [2.45, 2.75) is 11.8 Å². The number of nitrogens with one attached hydrogen (secondary N) is 1. The Hall–Kier alpha value is -2.34. The van der Waals surface area contributed by atoms with E-state index in [-0.39, 0.29) is 10.9 Å². The van der Waals surface area contributed by atoms with Gasteiger partial charge in [0.1, 0.15) is 5.75 Å². The smallest absolute Gasteiger partial charge is 0.308 e. The molecule has 0 aliphatic heterocycles. The lowest BCUT2D eigenvalue weighted by Crippen LogP contribution is -2.01. The van der Waals surface area contributed by atoms with E-state index >= 15 is 0 Å². The van der Waals surface area contributed by atoms with Gasteiger partial charge in [-0.2, -0.15) is 0 Å². The molecule has 0 unspecified atom stereocenters. The van der Waals surface area contributed by atoms with Crippen LogP contribution < -0.4 is 10.1 Å². The van der Waals surface area contributed by atoms with Crippen molar-refractivity contribution in [1.29, 1.82) is 0 Å². The van der Waals surface area contributed by atoms with E-state index in [1.807, 2.05) is 0 Å². The molecule has 110 valence electrons. The molecule has 21 heavy (non-hydrogen) atoms. The Morgan fingerprint density at radius 3 is 1.86 bits per heavy atom. The maximum Gasteiger partial charge on any atom is 0.308 e. The normalized spacial score (nSPS) is 11.0. The van der Waals surface area contributed by atoms with Crippen molar-refractivity contribution < 1.29 is 17.9 Å². The van der Waals surface area contributed by atoms with Crippen LogP contribution in [0.2, 0.25) is 0 Å². The Morgan fingerprint density at radius 1 is 0.952 bits per heavy atom. The van der Waals surface area contributed by atoms with Gasteiger partial charge in [0.05, 0.1) is 4.90 Å². The second-order valence-electron chi connectivity index (χ2n) is 4.54. The molecule has 6 heteroatoms. The lowest BCUT2D eigenvalue weighted by Gasteiger charge is -2.08. The molecule has 0 fully saturated rings. The molecule has 0 bridgehead atoms. The Balaban J connectivity index is 2.09. The summed E-state index contributed by atoms with van der Waals surface area (Å²) in [6.45, 7) is 1.34. The quantitative estimate of drug-likeness (QED) is 0.694. The second kappa shape index (κ2) is 5.97. The van der Waals surface area contributed by atoms with E-state index in [1.165, 1.54) is 13.2 Å². The number of anilines is 2. The van der Waals surface area contributed by atoms with Crippen LogP contribution in [0.4, 0.5) is 11.4 Å². The molecule has 0 radical (unpaired) electrons. The zero-order valence-corrected chi connectivity index (χ0v) is 12.5. The van der Waals surface area contributed by atoms with Gasteiger partial charge in [-0.1, -0.05) is 0 Å². The molecule has 5 nitrogen and oxygen atoms in total. The second-order valence-corrected chi connectivity index (χ2v) is 6.56. The van der Waals surface area contributed by atoms with Crippen molar-refractivity contribution in [2.75, 3.05) is 11.6 Å². The van der Waals surface area contributed by atoms with Crippen LogP contribution in [0.3, 0.4) is 0 Å². The first-order valence-corrected chi connectivity index (χ1v) is 8.09. The van der Waals surface area contributed by atoms with E-state index in [2.05, 4.69) is 5.32 Å². The molecular weight excluding hydrogens is 290 g/mol. The number of esters is 1. The van der Waals surface area contributed by atoms with E-state index in [0.29, 0.717) is 5.75 Å². The monoisotopic (exact) mass is 305 g/mol. The van der Waals surface area contributed by atoms with Crippen molar-refractivity contribution in [3.63, 3.8) is 0 Å². The van der Waals surface area contributed by atoms with Crippen LogP contribution in [0.25, 0.3) is 0 Å². The average molecular weight is 305 g/mol. The van der Waals surface area contributed by atoms with Crippen LogP contribution in [-0.4, -0.2) is 20.6 Å². The van der Waals surface area contributed by atoms with E-state index in [1.54, 1.807) is 48.5 Å². The zero-order valence-electron chi connectivity index (χ0n) is 11.7. The Labute approximate surface area is 123 Å². The van der Waals surface area contributed by atoms with Gasteiger partial charge in [-0.3, -0.25) is 4.79 Å². The molecule has 2 rings (SSSR count). The van der Waals surface area contributed by atoms with E-state index in [0.717, 1.165) is 11.4 Å². The predicted octanol–water partition coefficient (Wildman–Crippen LogP) is 2.76. The fourth-order valence-corrected chi connectivity index (χ4v) is 2.35. The molecule has 0 saturated carbocycles. The molecule has 0 aromatic heterocycles. The minimum atomic E-state index is -3.19. The number of carbonyl (C=O) groups excluding carboxylic acids is 1. The zero-order chi connectivity index (χ0) is 15.5. The van der Waals surface area contributed by atoms with Gasteiger partial charge in [-0.15, -0.1) is 0 Å². The van der Waals surface area contributed by atoms with Crippen LogP contribution in [-0.2, 0) is 14.6 Å². The van der Waals surface area contributed by atoms with Gasteiger partial charge < -0.3 is 10.1 Å². The first-order valence-electron chi connectivity index (χ1n) is 6.20. The van der Waals surface area contributed by atoms with Gasteiger partial charge >= 0.3 is 5.97 Å². The maximum atomic E-state index is 11.4. The minimum Gasteiger partial charge on any atom is -0.427 e. The topological polar surface area (TPSA) is 72.5 Å². The molecular formula is C15H15NO4S. The number of hydrogen-bond donors (Lipinski definition) is 1. The number of ether oxygens (including phenoxy) is 1. The number of rotatable bonds is 4. The van der Waals surface area contributed by atoms with Crippen molar-refractivity contribution in [2.24, 2.45) is 0 Å². The summed E-state index contributed by atoms with van der Waals surface area (Å²) in [4.78, 5) is 11.1. The number of sulfone groups is 1. The first-order chi connectivity index (χ1) is 9.84. The Bertz CT molecular complexity index is 734. The third-order valence-electron chi connectivity index (χ3n) is 2.69. The SMILES string of the molecule is CC(=O)Oc1ccc(Nc2ccc(S(C)(=O)=O)cc2)cc1. The minimum absolute atomic E-state index is 0.276. The van der Waals surface area contributed by atoms with Crippen LogP contribution in [0.15, 0.2) is 53.4 Å².